The third-order valence-electron chi connectivity index (χ3n) is 3.33. The van der Waals surface area contributed by atoms with Gasteiger partial charge in [-0.25, -0.2) is 0 Å². The molecule has 0 spiro atoms. The van der Waals surface area contributed by atoms with Crippen LogP contribution in [0.25, 0.3) is 0 Å². The summed E-state index contributed by atoms with van der Waals surface area (Å²) in [5, 5.41) is 10.5. The number of rotatable bonds is 2. The molecule has 1 heterocycles. The molecule has 1 atom stereocenters. The van der Waals surface area contributed by atoms with E-state index >= 15 is 0 Å². The van der Waals surface area contributed by atoms with Crippen LogP contribution in [0.3, 0.4) is 0 Å². The number of nitrogens with zero attached hydrogens (tertiary/aromatic N) is 1. The fourth-order valence-corrected chi connectivity index (χ4v) is 2.42. The SMILES string of the molecule is O=C(OC1CCCCC1)C1CCCN1O. The molecule has 2 rings (SSSR count). The number of carbonyl (C=O) groups excluding carboxylic acids is 1. The summed E-state index contributed by atoms with van der Waals surface area (Å²) in [5.41, 5.74) is 0. The van der Waals surface area contributed by atoms with E-state index in [0.717, 1.165) is 43.6 Å². The lowest BCUT2D eigenvalue weighted by Gasteiger charge is -2.24. The maximum atomic E-state index is 11.7. The van der Waals surface area contributed by atoms with E-state index < -0.39 is 6.04 Å². The number of carbonyl (C=O) groups is 1. The molecule has 1 aliphatic carbocycles. The second-order valence-corrected chi connectivity index (χ2v) is 4.52. The second-order valence-electron chi connectivity index (χ2n) is 4.52. The van der Waals surface area contributed by atoms with Crippen LogP contribution in [0.15, 0.2) is 0 Å². The highest BCUT2D eigenvalue weighted by atomic mass is 16.6. The first-order valence-electron chi connectivity index (χ1n) is 5.93. The van der Waals surface area contributed by atoms with Crippen molar-refractivity contribution >= 4 is 5.97 Å². The zero-order valence-corrected chi connectivity index (χ0v) is 9.02. The van der Waals surface area contributed by atoms with Crippen molar-refractivity contribution in [3.05, 3.63) is 0 Å². The number of hydrogen-bond donors (Lipinski definition) is 1. The standard InChI is InChI=1S/C11H19NO3/c13-11(10-7-4-8-12(10)14)15-9-5-2-1-3-6-9/h9-10,14H,1-8H2. The molecule has 1 N–H and O–H groups in total. The summed E-state index contributed by atoms with van der Waals surface area (Å²) in [6.07, 6.45) is 7.25. The molecule has 1 saturated carbocycles. The van der Waals surface area contributed by atoms with Crippen molar-refractivity contribution in [1.82, 2.24) is 5.06 Å². The largest absolute Gasteiger partial charge is 0.461 e. The summed E-state index contributed by atoms with van der Waals surface area (Å²) in [6.45, 7) is 0.588. The summed E-state index contributed by atoms with van der Waals surface area (Å²) in [4.78, 5) is 11.7. The van der Waals surface area contributed by atoms with Crippen LogP contribution in [0.2, 0.25) is 0 Å². The van der Waals surface area contributed by atoms with E-state index in [1.807, 2.05) is 0 Å². The van der Waals surface area contributed by atoms with Crippen molar-refractivity contribution in [1.29, 1.82) is 0 Å². The molecule has 0 aromatic rings. The Hall–Kier alpha value is -0.610. The Labute approximate surface area is 90.2 Å². The predicted octanol–water partition coefficient (Wildman–Crippen LogP) is 1.72. The summed E-state index contributed by atoms with van der Waals surface area (Å²) in [7, 11) is 0. The van der Waals surface area contributed by atoms with E-state index in [1.54, 1.807) is 0 Å². The van der Waals surface area contributed by atoms with Gasteiger partial charge in [0.05, 0.1) is 0 Å². The van der Waals surface area contributed by atoms with E-state index in [0.29, 0.717) is 6.54 Å². The summed E-state index contributed by atoms with van der Waals surface area (Å²) in [6, 6.07) is -0.410. The molecular formula is C11H19NO3. The fraction of sp³-hybridized carbons (Fsp3) is 0.909. The Morgan fingerprint density at radius 3 is 2.47 bits per heavy atom. The molecule has 2 aliphatic rings. The molecule has 4 nitrogen and oxygen atoms in total. The van der Waals surface area contributed by atoms with Gasteiger partial charge in [-0.1, -0.05) is 6.42 Å². The van der Waals surface area contributed by atoms with Gasteiger partial charge in [-0.15, -0.1) is 0 Å². The number of ether oxygens (including phenoxy) is 1. The van der Waals surface area contributed by atoms with Crippen LogP contribution >= 0.6 is 0 Å². The fourth-order valence-electron chi connectivity index (χ4n) is 2.42. The Bertz CT molecular complexity index is 226. The van der Waals surface area contributed by atoms with Gasteiger partial charge in [-0.05, 0) is 38.5 Å². The van der Waals surface area contributed by atoms with Crippen LogP contribution < -0.4 is 0 Å². The van der Waals surface area contributed by atoms with Gasteiger partial charge in [-0.2, -0.15) is 5.06 Å². The van der Waals surface area contributed by atoms with Crippen molar-refractivity contribution in [3.63, 3.8) is 0 Å². The first-order chi connectivity index (χ1) is 7.27. The minimum atomic E-state index is -0.410. The van der Waals surface area contributed by atoms with Crippen molar-refractivity contribution < 1.29 is 14.7 Å². The normalized spacial score (nSPS) is 29.3. The van der Waals surface area contributed by atoms with Gasteiger partial charge in [-0.3, -0.25) is 4.79 Å². The third kappa shape index (κ3) is 2.69. The van der Waals surface area contributed by atoms with Gasteiger partial charge < -0.3 is 9.94 Å². The van der Waals surface area contributed by atoms with Crippen molar-refractivity contribution in [2.45, 2.75) is 57.1 Å². The predicted molar refractivity (Wildman–Crippen MR) is 54.5 cm³/mol. The van der Waals surface area contributed by atoms with Crippen LogP contribution in [-0.2, 0) is 9.53 Å². The van der Waals surface area contributed by atoms with E-state index in [9.17, 15) is 10.0 Å². The van der Waals surface area contributed by atoms with Gasteiger partial charge in [0.15, 0.2) is 0 Å². The minimum Gasteiger partial charge on any atom is -0.461 e. The van der Waals surface area contributed by atoms with Gasteiger partial charge in [0.2, 0.25) is 0 Å². The Kier molecular flexibility index (Phi) is 3.59. The lowest BCUT2D eigenvalue weighted by Crippen LogP contribution is -2.37. The van der Waals surface area contributed by atoms with Gasteiger partial charge in [0, 0.05) is 6.54 Å². The molecule has 0 amide bonds. The van der Waals surface area contributed by atoms with Crippen molar-refractivity contribution in [2.75, 3.05) is 6.54 Å². The summed E-state index contributed by atoms with van der Waals surface area (Å²) < 4.78 is 5.41. The van der Waals surface area contributed by atoms with Crippen LogP contribution in [0.4, 0.5) is 0 Å². The monoisotopic (exact) mass is 213 g/mol. The van der Waals surface area contributed by atoms with Crippen LogP contribution in [0.1, 0.15) is 44.9 Å². The second kappa shape index (κ2) is 4.94. The lowest BCUT2D eigenvalue weighted by atomic mass is 9.98. The molecule has 0 radical (unpaired) electrons. The summed E-state index contributed by atoms with van der Waals surface area (Å²) in [5.74, 6) is -0.234. The van der Waals surface area contributed by atoms with E-state index in [-0.39, 0.29) is 12.1 Å². The van der Waals surface area contributed by atoms with Crippen LogP contribution in [-0.4, -0.2) is 34.9 Å². The molecule has 0 aromatic carbocycles. The topological polar surface area (TPSA) is 49.8 Å². The highest BCUT2D eigenvalue weighted by Gasteiger charge is 2.32. The highest BCUT2D eigenvalue weighted by Crippen LogP contribution is 2.23. The van der Waals surface area contributed by atoms with Gasteiger partial charge in [0.1, 0.15) is 12.1 Å². The average molecular weight is 213 g/mol. The third-order valence-corrected chi connectivity index (χ3v) is 3.33. The van der Waals surface area contributed by atoms with E-state index in [2.05, 4.69) is 0 Å². The molecule has 2 fully saturated rings. The quantitative estimate of drug-likeness (QED) is 0.709. The highest BCUT2D eigenvalue weighted by molar-refractivity contribution is 5.76. The first kappa shape index (κ1) is 10.9. The molecule has 86 valence electrons. The number of hydroxylamine groups is 2. The van der Waals surface area contributed by atoms with E-state index in [1.165, 1.54) is 6.42 Å². The molecule has 0 bridgehead atoms. The molecule has 15 heavy (non-hydrogen) atoms. The molecule has 1 unspecified atom stereocenters. The Morgan fingerprint density at radius 2 is 1.87 bits per heavy atom. The number of esters is 1. The molecule has 0 aromatic heterocycles. The Balaban J connectivity index is 1.80. The smallest absolute Gasteiger partial charge is 0.326 e. The molecule has 4 heteroatoms. The maximum Gasteiger partial charge on any atom is 0.326 e. The zero-order chi connectivity index (χ0) is 10.7. The van der Waals surface area contributed by atoms with Crippen LogP contribution in [0.5, 0.6) is 0 Å². The zero-order valence-electron chi connectivity index (χ0n) is 9.02. The molecule has 1 aliphatic heterocycles. The average Bonchev–Trinajstić information content (AvgIpc) is 2.66. The van der Waals surface area contributed by atoms with Crippen molar-refractivity contribution in [3.8, 4) is 0 Å². The summed E-state index contributed by atoms with van der Waals surface area (Å²) >= 11 is 0. The van der Waals surface area contributed by atoms with Gasteiger partial charge in [0.25, 0.3) is 0 Å². The maximum absolute atomic E-state index is 11.7. The van der Waals surface area contributed by atoms with Crippen LogP contribution in [0, 0.1) is 0 Å². The molecular weight excluding hydrogens is 194 g/mol. The Morgan fingerprint density at radius 1 is 1.13 bits per heavy atom. The first-order valence-corrected chi connectivity index (χ1v) is 5.93. The number of hydrogen-bond acceptors (Lipinski definition) is 4. The van der Waals surface area contributed by atoms with E-state index in [4.69, 9.17) is 4.74 Å². The molecule has 1 saturated heterocycles. The van der Waals surface area contributed by atoms with Gasteiger partial charge >= 0.3 is 5.97 Å². The lowest BCUT2D eigenvalue weighted by molar-refractivity contribution is -0.173. The van der Waals surface area contributed by atoms with Crippen molar-refractivity contribution in [2.24, 2.45) is 0 Å². The minimum absolute atomic E-state index is 0.0975.